The van der Waals surface area contributed by atoms with Gasteiger partial charge in [0.25, 0.3) is 11.8 Å². The molecular formula is C17H16ClN3O4. The Bertz CT molecular complexity index is 810. The highest BCUT2D eigenvalue weighted by Gasteiger charge is 2.23. The molecule has 0 aliphatic rings. The predicted molar refractivity (Wildman–Crippen MR) is 92.3 cm³/mol. The number of nitrogens with zero attached hydrogens (tertiary/aromatic N) is 1. The van der Waals surface area contributed by atoms with Gasteiger partial charge in [0, 0.05) is 6.20 Å². The van der Waals surface area contributed by atoms with E-state index in [1.165, 1.54) is 30.5 Å². The lowest BCUT2D eigenvalue weighted by molar-refractivity contribution is -0.124. The number of carbonyl (C=O) groups is 3. The van der Waals surface area contributed by atoms with Gasteiger partial charge in [0.05, 0.1) is 16.8 Å². The monoisotopic (exact) mass is 361 g/mol. The molecule has 0 spiro atoms. The summed E-state index contributed by atoms with van der Waals surface area (Å²) in [6, 6.07) is 9.07. The van der Waals surface area contributed by atoms with Crippen LogP contribution in [-0.2, 0) is 9.53 Å². The van der Waals surface area contributed by atoms with Crippen LogP contribution < -0.4 is 11.1 Å². The van der Waals surface area contributed by atoms with E-state index in [9.17, 15) is 14.4 Å². The number of carbonyl (C=O) groups excluding carboxylic acids is 3. The molecule has 0 radical (unpaired) electrons. The average molecular weight is 362 g/mol. The van der Waals surface area contributed by atoms with Crippen molar-refractivity contribution in [1.29, 1.82) is 0 Å². The van der Waals surface area contributed by atoms with Gasteiger partial charge in [0.2, 0.25) is 0 Å². The van der Waals surface area contributed by atoms with Gasteiger partial charge in [-0.3, -0.25) is 9.59 Å². The number of anilines is 1. The molecule has 2 amide bonds. The van der Waals surface area contributed by atoms with E-state index in [1.807, 2.05) is 0 Å². The number of benzene rings is 1. The van der Waals surface area contributed by atoms with E-state index < -0.39 is 23.9 Å². The van der Waals surface area contributed by atoms with Crippen LogP contribution in [0, 0.1) is 0 Å². The normalized spacial score (nSPS) is 11.4. The van der Waals surface area contributed by atoms with Gasteiger partial charge in [-0.2, -0.15) is 0 Å². The Kier molecular flexibility index (Phi) is 6.08. The van der Waals surface area contributed by atoms with Crippen LogP contribution in [0.2, 0.25) is 5.15 Å². The van der Waals surface area contributed by atoms with E-state index in [2.05, 4.69) is 10.3 Å². The first-order valence-corrected chi connectivity index (χ1v) is 7.82. The van der Waals surface area contributed by atoms with Crippen LogP contribution in [0.4, 0.5) is 5.69 Å². The molecule has 2 aromatic rings. The first kappa shape index (κ1) is 18.4. The number of hydrogen-bond donors (Lipinski definition) is 2. The number of nitrogens with two attached hydrogens (primary N) is 1. The van der Waals surface area contributed by atoms with Gasteiger partial charge in [-0.15, -0.1) is 0 Å². The smallest absolute Gasteiger partial charge is 0.339 e. The maximum Gasteiger partial charge on any atom is 0.339 e. The number of pyridine rings is 1. The van der Waals surface area contributed by atoms with Crippen LogP contribution in [0.5, 0.6) is 0 Å². The lowest BCUT2D eigenvalue weighted by Gasteiger charge is -2.17. The lowest BCUT2D eigenvalue weighted by Crippen LogP contribution is -2.32. The molecule has 0 saturated carbocycles. The van der Waals surface area contributed by atoms with E-state index >= 15 is 0 Å². The van der Waals surface area contributed by atoms with Crippen molar-refractivity contribution in [3.05, 3.63) is 58.9 Å². The average Bonchev–Trinajstić information content (AvgIpc) is 2.59. The van der Waals surface area contributed by atoms with Crippen LogP contribution in [0.25, 0.3) is 0 Å². The molecule has 25 heavy (non-hydrogen) atoms. The molecule has 8 heteroatoms. The van der Waals surface area contributed by atoms with E-state index in [0.29, 0.717) is 0 Å². The maximum atomic E-state index is 12.4. The minimum Gasteiger partial charge on any atom is -0.449 e. The van der Waals surface area contributed by atoms with Gasteiger partial charge in [-0.25, -0.2) is 9.78 Å². The molecule has 7 nitrogen and oxygen atoms in total. The molecule has 1 heterocycles. The van der Waals surface area contributed by atoms with Gasteiger partial charge >= 0.3 is 5.97 Å². The molecule has 130 valence electrons. The first-order chi connectivity index (χ1) is 11.9. The third-order valence-electron chi connectivity index (χ3n) is 3.33. The van der Waals surface area contributed by atoms with Crippen molar-refractivity contribution in [3.63, 3.8) is 0 Å². The highest BCUT2D eigenvalue weighted by atomic mass is 35.5. The van der Waals surface area contributed by atoms with Crippen molar-refractivity contribution < 1.29 is 19.1 Å². The number of primary amides is 1. The number of halogens is 1. The number of hydrogen-bond acceptors (Lipinski definition) is 5. The van der Waals surface area contributed by atoms with Gasteiger partial charge in [-0.1, -0.05) is 30.7 Å². The summed E-state index contributed by atoms with van der Waals surface area (Å²) in [6.07, 6.45) is 0.568. The first-order valence-electron chi connectivity index (χ1n) is 7.44. The SMILES string of the molecule is CCC(OC(=O)c1ccnc(Cl)c1)C(=O)Nc1ccccc1C(N)=O. The number of nitrogens with one attached hydrogen (secondary N) is 1. The van der Waals surface area contributed by atoms with Gasteiger partial charge in [0.1, 0.15) is 5.15 Å². The van der Waals surface area contributed by atoms with Gasteiger partial charge < -0.3 is 15.8 Å². The fraction of sp³-hybridized carbons (Fsp3) is 0.176. The number of amides is 2. The fourth-order valence-electron chi connectivity index (χ4n) is 2.07. The molecule has 1 aromatic heterocycles. The number of para-hydroxylation sites is 1. The Balaban J connectivity index is 2.11. The summed E-state index contributed by atoms with van der Waals surface area (Å²) in [5.74, 6) is -1.94. The largest absolute Gasteiger partial charge is 0.449 e. The molecule has 0 aliphatic heterocycles. The predicted octanol–water partition coefficient (Wildman–Crippen LogP) is 2.41. The van der Waals surface area contributed by atoms with Crippen LogP contribution in [0.3, 0.4) is 0 Å². The third-order valence-corrected chi connectivity index (χ3v) is 3.53. The summed E-state index contributed by atoms with van der Waals surface area (Å²) < 4.78 is 5.22. The third kappa shape index (κ3) is 4.77. The highest BCUT2D eigenvalue weighted by molar-refractivity contribution is 6.29. The Morgan fingerprint density at radius 2 is 2.00 bits per heavy atom. The Hall–Kier alpha value is -2.93. The summed E-state index contributed by atoms with van der Waals surface area (Å²) in [7, 11) is 0. The summed E-state index contributed by atoms with van der Waals surface area (Å²) in [5.41, 5.74) is 5.88. The molecule has 0 aliphatic carbocycles. The van der Waals surface area contributed by atoms with Gasteiger partial charge in [0.15, 0.2) is 6.10 Å². The molecule has 1 atom stereocenters. The Labute approximate surface area is 149 Å². The number of aromatic nitrogens is 1. The van der Waals surface area contributed by atoms with Crippen molar-refractivity contribution in [3.8, 4) is 0 Å². The van der Waals surface area contributed by atoms with Crippen molar-refractivity contribution >= 4 is 35.1 Å². The quantitative estimate of drug-likeness (QED) is 0.606. The number of rotatable bonds is 6. The number of ether oxygens (including phenoxy) is 1. The zero-order valence-corrected chi connectivity index (χ0v) is 14.1. The van der Waals surface area contributed by atoms with Crippen LogP contribution in [0.15, 0.2) is 42.6 Å². The molecule has 1 unspecified atom stereocenters. The fourth-order valence-corrected chi connectivity index (χ4v) is 2.24. The molecule has 3 N–H and O–H groups in total. The number of esters is 1. The van der Waals surface area contributed by atoms with Crippen molar-refractivity contribution in [1.82, 2.24) is 4.98 Å². The second-order valence-corrected chi connectivity index (χ2v) is 5.46. The summed E-state index contributed by atoms with van der Waals surface area (Å²) in [5, 5.41) is 2.70. The van der Waals surface area contributed by atoms with E-state index in [-0.39, 0.29) is 28.4 Å². The summed E-state index contributed by atoms with van der Waals surface area (Å²) >= 11 is 5.73. The molecular weight excluding hydrogens is 346 g/mol. The van der Waals surface area contributed by atoms with Crippen molar-refractivity contribution in [2.24, 2.45) is 5.73 Å². The Morgan fingerprint density at radius 3 is 2.64 bits per heavy atom. The Morgan fingerprint density at radius 1 is 1.28 bits per heavy atom. The van der Waals surface area contributed by atoms with Crippen LogP contribution in [-0.4, -0.2) is 28.9 Å². The molecule has 1 aromatic carbocycles. The molecule has 0 bridgehead atoms. The zero-order chi connectivity index (χ0) is 18.4. The molecule has 0 fully saturated rings. The van der Waals surface area contributed by atoms with E-state index in [1.54, 1.807) is 19.1 Å². The summed E-state index contributed by atoms with van der Waals surface area (Å²) in [6.45, 7) is 1.69. The molecule has 2 rings (SSSR count). The summed E-state index contributed by atoms with van der Waals surface area (Å²) in [4.78, 5) is 39.7. The lowest BCUT2D eigenvalue weighted by atomic mass is 10.1. The van der Waals surface area contributed by atoms with E-state index in [0.717, 1.165) is 0 Å². The van der Waals surface area contributed by atoms with E-state index in [4.69, 9.17) is 22.1 Å². The second kappa shape index (κ2) is 8.25. The van der Waals surface area contributed by atoms with Crippen molar-refractivity contribution in [2.45, 2.75) is 19.4 Å². The standard InChI is InChI=1S/C17H16ClN3O4/c1-2-13(25-17(24)10-7-8-20-14(18)9-10)16(23)21-12-6-4-3-5-11(12)15(19)22/h3-9,13H,2H2,1H3,(H2,19,22)(H,21,23). The van der Waals surface area contributed by atoms with Crippen LogP contribution in [0.1, 0.15) is 34.1 Å². The highest BCUT2D eigenvalue weighted by Crippen LogP contribution is 2.16. The van der Waals surface area contributed by atoms with Gasteiger partial charge in [-0.05, 0) is 30.7 Å². The molecule has 0 saturated heterocycles. The van der Waals surface area contributed by atoms with Crippen molar-refractivity contribution in [2.75, 3.05) is 5.32 Å². The second-order valence-electron chi connectivity index (χ2n) is 5.07. The minimum atomic E-state index is -1.04. The van der Waals surface area contributed by atoms with Crippen LogP contribution >= 0.6 is 11.6 Å². The maximum absolute atomic E-state index is 12.4. The zero-order valence-electron chi connectivity index (χ0n) is 13.4. The topological polar surface area (TPSA) is 111 Å². The minimum absolute atomic E-state index is 0.141.